The molecule has 2 heteroatoms. The first-order chi connectivity index (χ1) is 6.22. The number of rotatable bonds is 1. The highest BCUT2D eigenvalue weighted by Crippen LogP contribution is 2.34. The van der Waals surface area contributed by atoms with E-state index in [1.54, 1.807) is 0 Å². The van der Waals surface area contributed by atoms with Crippen LogP contribution in [0.5, 0.6) is 5.75 Å². The van der Waals surface area contributed by atoms with Gasteiger partial charge < -0.3 is 4.74 Å². The summed E-state index contributed by atoms with van der Waals surface area (Å²) in [4.78, 5) is 11.2. The first-order valence-electron chi connectivity index (χ1n) is 4.57. The van der Waals surface area contributed by atoms with Crippen molar-refractivity contribution in [3.63, 3.8) is 0 Å². The van der Waals surface area contributed by atoms with Crippen molar-refractivity contribution in [2.75, 3.05) is 0 Å². The molecule has 2 rings (SSSR count). The van der Waals surface area contributed by atoms with Crippen molar-refractivity contribution in [3.05, 3.63) is 29.3 Å². The van der Waals surface area contributed by atoms with E-state index in [0.29, 0.717) is 0 Å². The topological polar surface area (TPSA) is 26.3 Å². The third-order valence-electron chi connectivity index (χ3n) is 2.51. The predicted octanol–water partition coefficient (Wildman–Crippen LogP) is 2.27. The lowest BCUT2D eigenvalue weighted by molar-refractivity contribution is -0.133. The Morgan fingerprint density at radius 3 is 2.92 bits per heavy atom. The summed E-state index contributed by atoms with van der Waals surface area (Å²) in [5, 5.41) is 0. The van der Waals surface area contributed by atoms with Crippen LogP contribution >= 0.6 is 0 Å². The smallest absolute Gasteiger partial charge is 0.318 e. The molecule has 0 bridgehead atoms. The van der Waals surface area contributed by atoms with E-state index in [1.807, 2.05) is 19.1 Å². The van der Waals surface area contributed by atoms with Crippen molar-refractivity contribution in [1.82, 2.24) is 0 Å². The maximum Gasteiger partial charge on any atom is 0.318 e. The normalized spacial score (nSPS) is 19.8. The van der Waals surface area contributed by atoms with Crippen LogP contribution in [0.4, 0.5) is 0 Å². The Kier molecular flexibility index (Phi) is 1.83. The van der Waals surface area contributed by atoms with Gasteiger partial charge in [-0.15, -0.1) is 0 Å². The van der Waals surface area contributed by atoms with E-state index in [1.165, 1.54) is 5.56 Å². The van der Waals surface area contributed by atoms with E-state index in [4.69, 9.17) is 4.74 Å². The van der Waals surface area contributed by atoms with Gasteiger partial charge in [-0.25, -0.2) is 0 Å². The molecular formula is C11H12O2. The van der Waals surface area contributed by atoms with E-state index in [-0.39, 0.29) is 11.9 Å². The van der Waals surface area contributed by atoms with Gasteiger partial charge >= 0.3 is 5.97 Å². The van der Waals surface area contributed by atoms with Crippen LogP contribution in [-0.4, -0.2) is 5.97 Å². The maximum absolute atomic E-state index is 11.2. The standard InChI is InChI=1S/C11H12O2/c1-3-8-4-5-10-9(6-8)7(2)11(12)13-10/h4-7H,3H2,1-2H3. The molecular weight excluding hydrogens is 164 g/mol. The number of esters is 1. The molecule has 1 aliphatic rings. The predicted molar refractivity (Wildman–Crippen MR) is 49.9 cm³/mol. The van der Waals surface area contributed by atoms with Gasteiger partial charge in [0.1, 0.15) is 5.75 Å². The summed E-state index contributed by atoms with van der Waals surface area (Å²) in [6.07, 6.45) is 0.994. The Hall–Kier alpha value is -1.31. The van der Waals surface area contributed by atoms with Gasteiger partial charge in [-0.3, -0.25) is 4.79 Å². The van der Waals surface area contributed by atoms with Crippen molar-refractivity contribution >= 4 is 5.97 Å². The van der Waals surface area contributed by atoms with Gasteiger partial charge in [0.25, 0.3) is 0 Å². The molecule has 13 heavy (non-hydrogen) atoms. The van der Waals surface area contributed by atoms with E-state index in [0.717, 1.165) is 17.7 Å². The highest BCUT2D eigenvalue weighted by molar-refractivity contribution is 5.85. The Bertz CT molecular complexity index is 355. The Labute approximate surface area is 77.5 Å². The molecule has 1 aromatic rings. The maximum atomic E-state index is 11.2. The number of carbonyl (C=O) groups excluding carboxylic acids is 1. The lowest BCUT2D eigenvalue weighted by Gasteiger charge is -2.01. The third-order valence-corrected chi connectivity index (χ3v) is 2.51. The van der Waals surface area contributed by atoms with Crippen molar-refractivity contribution in [1.29, 1.82) is 0 Å². The van der Waals surface area contributed by atoms with Crippen LogP contribution in [0.25, 0.3) is 0 Å². The number of hydrogen-bond donors (Lipinski definition) is 0. The molecule has 1 atom stereocenters. The Morgan fingerprint density at radius 1 is 1.46 bits per heavy atom. The molecule has 0 saturated heterocycles. The number of carbonyl (C=O) groups is 1. The van der Waals surface area contributed by atoms with Crippen LogP contribution in [0, 0.1) is 0 Å². The van der Waals surface area contributed by atoms with E-state index in [2.05, 4.69) is 13.0 Å². The summed E-state index contributed by atoms with van der Waals surface area (Å²) in [6, 6.07) is 5.95. The van der Waals surface area contributed by atoms with Gasteiger partial charge in [0.2, 0.25) is 0 Å². The minimum atomic E-state index is -0.136. The monoisotopic (exact) mass is 176 g/mol. The van der Waals surface area contributed by atoms with Crippen molar-refractivity contribution < 1.29 is 9.53 Å². The number of aryl methyl sites for hydroxylation is 1. The molecule has 0 amide bonds. The second kappa shape index (κ2) is 2.87. The fraction of sp³-hybridized carbons (Fsp3) is 0.364. The van der Waals surface area contributed by atoms with E-state index >= 15 is 0 Å². The molecule has 1 unspecified atom stereocenters. The van der Waals surface area contributed by atoms with Gasteiger partial charge in [0.15, 0.2) is 0 Å². The highest BCUT2D eigenvalue weighted by atomic mass is 16.5. The summed E-state index contributed by atoms with van der Waals surface area (Å²) in [6.45, 7) is 3.98. The molecule has 1 aliphatic heterocycles. The number of hydrogen-bond acceptors (Lipinski definition) is 2. The minimum Gasteiger partial charge on any atom is -0.426 e. The SMILES string of the molecule is CCc1ccc2c(c1)C(C)C(=O)O2. The minimum absolute atomic E-state index is 0.0958. The van der Waals surface area contributed by atoms with Crippen LogP contribution in [0.2, 0.25) is 0 Å². The fourth-order valence-corrected chi connectivity index (χ4v) is 1.57. The molecule has 0 aromatic heterocycles. The van der Waals surface area contributed by atoms with Gasteiger partial charge in [0, 0.05) is 5.56 Å². The molecule has 1 aromatic carbocycles. The van der Waals surface area contributed by atoms with Crippen LogP contribution in [0.3, 0.4) is 0 Å². The zero-order chi connectivity index (χ0) is 9.42. The zero-order valence-corrected chi connectivity index (χ0v) is 7.83. The fourth-order valence-electron chi connectivity index (χ4n) is 1.57. The Balaban J connectivity index is 2.47. The lowest BCUT2D eigenvalue weighted by Crippen LogP contribution is -2.05. The van der Waals surface area contributed by atoms with Gasteiger partial charge in [-0.05, 0) is 25.0 Å². The first kappa shape index (κ1) is 8.30. The summed E-state index contributed by atoms with van der Waals surface area (Å²) in [7, 11) is 0. The first-order valence-corrected chi connectivity index (χ1v) is 4.57. The van der Waals surface area contributed by atoms with E-state index in [9.17, 15) is 4.79 Å². The van der Waals surface area contributed by atoms with Crippen LogP contribution in [0.15, 0.2) is 18.2 Å². The van der Waals surface area contributed by atoms with Crippen LogP contribution in [-0.2, 0) is 11.2 Å². The summed E-state index contributed by atoms with van der Waals surface area (Å²) >= 11 is 0. The van der Waals surface area contributed by atoms with E-state index < -0.39 is 0 Å². The average molecular weight is 176 g/mol. The zero-order valence-electron chi connectivity index (χ0n) is 7.83. The van der Waals surface area contributed by atoms with Crippen molar-refractivity contribution in [2.24, 2.45) is 0 Å². The van der Waals surface area contributed by atoms with Crippen LogP contribution in [0.1, 0.15) is 30.9 Å². The largest absolute Gasteiger partial charge is 0.426 e. The number of benzene rings is 1. The second-order valence-corrected chi connectivity index (χ2v) is 3.37. The summed E-state index contributed by atoms with van der Waals surface area (Å²) in [5.41, 5.74) is 2.29. The quantitative estimate of drug-likeness (QED) is 0.484. The molecule has 1 heterocycles. The second-order valence-electron chi connectivity index (χ2n) is 3.37. The van der Waals surface area contributed by atoms with Crippen molar-refractivity contribution in [2.45, 2.75) is 26.2 Å². The molecule has 0 fully saturated rings. The molecule has 0 saturated carbocycles. The molecule has 0 spiro atoms. The molecule has 0 aliphatic carbocycles. The molecule has 0 radical (unpaired) electrons. The third kappa shape index (κ3) is 1.22. The van der Waals surface area contributed by atoms with Crippen LogP contribution < -0.4 is 4.74 Å². The molecule has 0 N–H and O–H groups in total. The summed E-state index contributed by atoms with van der Waals surface area (Å²) < 4.78 is 5.08. The van der Waals surface area contributed by atoms with Gasteiger partial charge in [-0.1, -0.05) is 19.1 Å². The average Bonchev–Trinajstić information content (AvgIpc) is 2.43. The molecule has 68 valence electrons. The lowest BCUT2D eigenvalue weighted by atomic mass is 10.00. The number of ether oxygens (including phenoxy) is 1. The van der Waals surface area contributed by atoms with Gasteiger partial charge in [0.05, 0.1) is 5.92 Å². The van der Waals surface area contributed by atoms with Gasteiger partial charge in [-0.2, -0.15) is 0 Å². The Morgan fingerprint density at radius 2 is 2.23 bits per heavy atom. The summed E-state index contributed by atoms with van der Waals surface area (Å²) in [5.74, 6) is 0.499. The molecule has 2 nitrogen and oxygen atoms in total. The number of fused-ring (bicyclic) bond motifs is 1. The highest BCUT2D eigenvalue weighted by Gasteiger charge is 2.28. The van der Waals surface area contributed by atoms with Crippen molar-refractivity contribution in [3.8, 4) is 5.75 Å².